The van der Waals surface area contributed by atoms with E-state index in [1.165, 1.54) is 0 Å². The lowest BCUT2D eigenvalue weighted by molar-refractivity contribution is -0.137. The highest BCUT2D eigenvalue weighted by atomic mass is 19.4. The van der Waals surface area contributed by atoms with Gasteiger partial charge in [0.15, 0.2) is 0 Å². The van der Waals surface area contributed by atoms with Crippen molar-refractivity contribution in [3.8, 4) is 0 Å². The number of primary amides is 2. The van der Waals surface area contributed by atoms with Crippen LogP contribution >= 0.6 is 0 Å². The molecule has 0 unspecified atom stereocenters. The Kier molecular flexibility index (Phi) is 4.42. The van der Waals surface area contributed by atoms with Gasteiger partial charge in [0.1, 0.15) is 0 Å². The van der Waals surface area contributed by atoms with Crippen LogP contribution in [0.4, 0.5) is 13.2 Å². The summed E-state index contributed by atoms with van der Waals surface area (Å²) >= 11 is 0. The molecule has 110 valence electrons. The summed E-state index contributed by atoms with van der Waals surface area (Å²) in [6.45, 7) is 3.36. The van der Waals surface area contributed by atoms with Crippen molar-refractivity contribution in [2.45, 2.75) is 25.9 Å². The maximum absolute atomic E-state index is 12.6. The zero-order valence-corrected chi connectivity index (χ0v) is 11.0. The monoisotopic (exact) mass is 288 g/mol. The van der Waals surface area contributed by atoms with Gasteiger partial charge in [-0.3, -0.25) is 9.59 Å². The van der Waals surface area contributed by atoms with Crippen LogP contribution in [0.15, 0.2) is 18.2 Å². The fourth-order valence-electron chi connectivity index (χ4n) is 2.06. The minimum absolute atomic E-state index is 0.119. The van der Waals surface area contributed by atoms with Crippen molar-refractivity contribution >= 4 is 11.8 Å². The van der Waals surface area contributed by atoms with Crippen LogP contribution in [0.25, 0.3) is 0 Å². The number of amides is 2. The standard InChI is InChI=1S/C13H15F3N2O2/c1-6(2)10(12(18)20)8-4-3-7(13(14,15)16)5-9(8)11(17)19/h3-6,10H,1-2H3,(H2,17,19)(H2,18,20)/t10-/m0/s1. The van der Waals surface area contributed by atoms with Crippen LogP contribution in [-0.2, 0) is 11.0 Å². The molecule has 0 spiro atoms. The molecule has 0 aliphatic carbocycles. The first-order valence-electron chi connectivity index (χ1n) is 5.86. The van der Waals surface area contributed by atoms with Crippen molar-refractivity contribution in [2.75, 3.05) is 0 Å². The van der Waals surface area contributed by atoms with Gasteiger partial charge in [-0.2, -0.15) is 13.2 Å². The molecule has 7 heteroatoms. The van der Waals surface area contributed by atoms with Gasteiger partial charge in [-0.25, -0.2) is 0 Å². The molecule has 0 saturated heterocycles. The second-order valence-corrected chi connectivity index (χ2v) is 4.79. The van der Waals surface area contributed by atoms with Gasteiger partial charge in [0.2, 0.25) is 11.8 Å². The van der Waals surface area contributed by atoms with Crippen LogP contribution in [0.2, 0.25) is 0 Å². The predicted octanol–water partition coefficient (Wildman–Crippen LogP) is 2.03. The molecular formula is C13H15F3N2O2. The van der Waals surface area contributed by atoms with E-state index >= 15 is 0 Å². The Balaban J connectivity index is 3.48. The lowest BCUT2D eigenvalue weighted by Gasteiger charge is -2.21. The van der Waals surface area contributed by atoms with Crippen molar-refractivity contribution in [1.29, 1.82) is 0 Å². The summed E-state index contributed by atoms with van der Waals surface area (Å²) in [5, 5.41) is 0. The molecule has 0 saturated carbocycles. The molecule has 4 nitrogen and oxygen atoms in total. The molecule has 4 N–H and O–H groups in total. The predicted molar refractivity (Wildman–Crippen MR) is 66.7 cm³/mol. The van der Waals surface area contributed by atoms with Gasteiger partial charge in [-0.1, -0.05) is 19.9 Å². The van der Waals surface area contributed by atoms with Crippen molar-refractivity contribution in [3.63, 3.8) is 0 Å². The second-order valence-electron chi connectivity index (χ2n) is 4.79. The zero-order valence-electron chi connectivity index (χ0n) is 11.0. The molecule has 1 atom stereocenters. The van der Waals surface area contributed by atoms with Crippen molar-refractivity contribution < 1.29 is 22.8 Å². The SMILES string of the molecule is CC(C)[C@H](C(N)=O)c1ccc(C(F)(F)F)cc1C(N)=O. The van der Waals surface area contributed by atoms with Gasteiger partial charge < -0.3 is 11.5 Å². The fraction of sp³-hybridized carbons (Fsp3) is 0.385. The fourth-order valence-corrected chi connectivity index (χ4v) is 2.06. The van der Waals surface area contributed by atoms with Gasteiger partial charge in [-0.15, -0.1) is 0 Å². The van der Waals surface area contributed by atoms with Crippen LogP contribution in [0.5, 0.6) is 0 Å². The molecule has 0 aliphatic rings. The highest BCUT2D eigenvalue weighted by molar-refractivity contribution is 5.97. The Morgan fingerprint density at radius 1 is 1.15 bits per heavy atom. The quantitative estimate of drug-likeness (QED) is 0.888. The van der Waals surface area contributed by atoms with Crippen molar-refractivity contribution in [2.24, 2.45) is 17.4 Å². The largest absolute Gasteiger partial charge is 0.416 e. The third-order valence-electron chi connectivity index (χ3n) is 2.95. The Bertz CT molecular complexity index is 539. The number of alkyl halides is 3. The highest BCUT2D eigenvalue weighted by Gasteiger charge is 2.33. The van der Waals surface area contributed by atoms with E-state index in [0.29, 0.717) is 6.07 Å². The van der Waals surface area contributed by atoms with E-state index in [0.717, 1.165) is 12.1 Å². The Hall–Kier alpha value is -2.05. The minimum atomic E-state index is -4.59. The molecule has 20 heavy (non-hydrogen) atoms. The highest BCUT2D eigenvalue weighted by Crippen LogP contribution is 2.34. The molecule has 0 bridgehead atoms. The molecule has 0 aromatic heterocycles. The number of rotatable bonds is 4. The summed E-state index contributed by atoms with van der Waals surface area (Å²) < 4.78 is 37.9. The molecule has 1 aromatic rings. The zero-order chi connectivity index (χ0) is 15.7. The van der Waals surface area contributed by atoms with E-state index in [1.807, 2.05) is 0 Å². The first kappa shape index (κ1) is 16.0. The summed E-state index contributed by atoms with van der Waals surface area (Å²) in [5.41, 5.74) is 9.14. The molecule has 2 amide bonds. The Morgan fingerprint density at radius 3 is 2.05 bits per heavy atom. The summed E-state index contributed by atoms with van der Waals surface area (Å²) in [5.74, 6) is -2.90. The van der Waals surface area contributed by atoms with Gasteiger partial charge >= 0.3 is 6.18 Å². The van der Waals surface area contributed by atoms with E-state index in [-0.39, 0.29) is 17.0 Å². The van der Waals surface area contributed by atoms with Crippen molar-refractivity contribution in [3.05, 3.63) is 34.9 Å². The van der Waals surface area contributed by atoms with E-state index in [2.05, 4.69) is 0 Å². The van der Waals surface area contributed by atoms with Crippen molar-refractivity contribution in [1.82, 2.24) is 0 Å². The minimum Gasteiger partial charge on any atom is -0.369 e. The number of hydrogen-bond donors (Lipinski definition) is 2. The molecule has 0 aliphatic heterocycles. The van der Waals surface area contributed by atoms with Crippen LogP contribution < -0.4 is 11.5 Å². The first-order chi connectivity index (χ1) is 9.05. The van der Waals surface area contributed by atoms with E-state index in [4.69, 9.17) is 11.5 Å². The third kappa shape index (κ3) is 3.28. The van der Waals surface area contributed by atoms with Crippen LogP contribution in [0, 0.1) is 5.92 Å². The van der Waals surface area contributed by atoms with Crippen LogP contribution in [0.1, 0.15) is 41.3 Å². The molecule has 1 rings (SSSR count). The van der Waals surface area contributed by atoms with Crippen LogP contribution in [-0.4, -0.2) is 11.8 Å². The average Bonchev–Trinajstić information content (AvgIpc) is 2.26. The smallest absolute Gasteiger partial charge is 0.369 e. The average molecular weight is 288 g/mol. The molecule has 0 radical (unpaired) electrons. The Labute approximate surface area is 113 Å². The number of hydrogen-bond acceptors (Lipinski definition) is 2. The summed E-state index contributed by atoms with van der Waals surface area (Å²) in [6, 6.07) is 2.54. The third-order valence-corrected chi connectivity index (χ3v) is 2.95. The van der Waals surface area contributed by atoms with E-state index < -0.39 is 29.5 Å². The maximum Gasteiger partial charge on any atom is 0.416 e. The lowest BCUT2D eigenvalue weighted by atomic mass is 9.84. The number of halogens is 3. The van der Waals surface area contributed by atoms with Gasteiger partial charge in [0, 0.05) is 5.56 Å². The van der Waals surface area contributed by atoms with Gasteiger partial charge in [-0.05, 0) is 23.6 Å². The number of nitrogens with two attached hydrogens (primary N) is 2. The van der Waals surface area contributed by atoms with E-state index in [1.54, 1.807) is 13.8 Å². The summed E-state index contributed by atoms with van der Waals surface area (Å²) in [4.78, 5) is 22.8. The lowest BCUT2D eigenvalue weighted by Crippen LogP contribution is -2.28. The summed E-state index contributed by atoms with van der Waals surface area (Å²) in [6.07, 6.45) is -4.59. The Morgan fingerprint density at radius 2 is 1.70 bits per heavy atom. The molecule has 1 aromatic carbocycles. The normalized spacial score (nSPS) is 13.3. The molecule has 0 heterocycles. The maximum atomic E-state index is 12.6. The molecule has 0 fully saturated rings. The topological polar surface area (TPSA) is 86.2 Å². The van der Waals surface area contributed by atoms with Gasteiger partial charge in [0.25, 0.3) is 0 Å². The number of carbonyl (C=O) groups excluding carboxylic acids is 2. The molecular weight excluding hydrogens is 273 g/mol. The van der Waals surface area contributed by atoms with Crippen LogP contribution in [0.3, 0.4) is 0 Å². The van der Waals surface area contributed by atoms with Gasteiger partial charge in [0.05, 0.1) is 11.5 Å². The van der Waals surface area contributed by atoms with E-state index in [9.17, 15) is 22.8 Å². The first-order valence-corrected chi connectivity index (χ1v) is 5.86. The second kappa shape index (κ2) is 5.52. The summed E-state index contributed by atoms with van der Waals surface area (Å²) in [7, 11) is 0. The number of carbonyl (C=O) groups is 2. The number of benzene rings is 1.